The minimum absolute atomic E-state index is 0.159. The van der Waals surface area contributed by atoms with E-state index in [2.05, 4.69) is 4.98 Å². The Balaban J connectivity index is 1.38. The number of carbonyl (C=O) groups excluding carboxylic acids is 1. The first-order valence-corrected chi connectivity index (χ1v) is 11.3. The highest BCUT2D eigenvalue weighted by atomic mass is 32.2. The van der Waals surface area contributed by atoms with Crippen molar-refractivity contribution >= 4 is 21.7 Å². The second-order valence-corrected chi connectivity index (χ2v) is 10.2. The van der Waals surface area contributed by atoms with Crippen LogP contribution in [0.2, 0.25) is 0 Å². The number of carbonyl (C=O) groups is 1. The number of benzene rings is 1. The quantitative estimate of drug-likeness (QED) is 0.825. The molecule has 1 N–H and O–H groups in total. The molecular formula is C21H23N3O4S. The van der Waals surface area contributed by atoms with E-state index in [-0.39, 0.29) is 28.7 Å². The maximum Gasteiger partial charge on any atom is 0.259 e. The number of sulfonamides is 1. The number of nitrogens with zero attached hydrogens (tertiary/aromatic N) is 3. The maximum absolute atomic E-state index is 13.2. The first-order chi connectivity index (χ1) is 13.9. The van der Waals surface area contributed by atoms with Crippen LogP contribution in [0.5, 0.6) is 0 Å². The van der Waals surface area contributed by atoms with Gasteiger partial charge in [-0.2, -0.15) is 4.31 Å². The van der Waals surface area contributed by atoms with E-state index in [1.807, 2.05) is 0 Å². The average Bonchev–Trinajstić information content (AvgIpc) is 3.37. The van der Waals surface area contributed by atoms with Gasteiger partial charge in [0.2, 0.25) is 10.0 Å². The van der Waals surface area contributed by atoms with Crippen molar-refractivity contribution in [1.29, 1.82) is 0 Å². The molecule has 8 heteroatoms. The van der Waals surface area contributed by atoms with Gasteiger partial charge in [-0.15, -0.1) is 0 Å². The van der Waals surface area contributed by atoms with E-state index in [0.29, 0.717) is 23.8 Å². The molecule has 1 saturated heterocycles. The fourth-order valence-electron chi connectivity index (χ4n) is 5.39. The van der Waals surface area contributed by atoms with Gasteiger partial charge in [0, 0.05) is 25.4 Å². The monoisotopic (exact) mass is 413 g/mol. The first-order valence-electron chi connectivity index (χ1n) is 9.87. The molecule has 5 rings (SSSR count). The van der Waals surface area contributed by atoms with Gasteiger partial charge in [0.15, 0.2) is 0 Å². The number of hydrogen-bond acceptors (Lipinski definition) is 5. The number of anilines is 1. The van der Waals surface area contributed by atoms with Gasteiger partial charge in [0.1, 0.15) is 5.82 Å². The maximum atomic E-state index is 13.2. The lowest BCUT2D eigenvalue weighted by Crippen LogP contribution is -2.43. The van der Waals surface area contributed by atoms with Crippen molar-refractivity contribution in [2.45, 2.75) is 29.9 Å². The SMILES string of the molecule is CN(C(=O)c1ccc(S(=O)(=O)N2C[C@@H]3C[C@H]4C[C@H]3[C@H]2[C@@H]4O)cc1)c1ccccn1. The molecule has 2 saturated carbocycles. The molecule has 5 atom stereocenters. The topological polar surface area (TPSA) is 90.8 Å². The molecule has 152 valence electrons. The molecule has 2 heterocycles. The van der Waals surface area contributed by atoms with Gasteiger partial charge < -0.3 is 5.11 Å². The Hall–Kier alpha value is -2.29. The van der Waals surface area contributed by atoms with Crippen LogP contribution in [0.25, 0.3) is 0 Å². The zero-order chi connectivity index (χ0) is 20.3. The van der Waals surface area contributed by atoms with E-state index in [1.54, 1.807) is 31.4 Å². The molecule has 0 unspecified atom stereocenters. The van der Waals surface area contributed by atoms with Crippen molar-refractivity contribution in [2.75, 3.05) is 18.5 Å². The average molecular weight is 413 g/mol. The molecule has 0 radical (unpaired) electrons. The largest absolute Gasteiger partial charge is 0.391 e. The lowest BCUT2D eigenvalue weighted by molar-refractivity contribution is 0.0731. The van der Waals surface area contributed by atoms with Gasteiger partial charge >= 0.3 is 0 Å². The first kappa shape index (κ1) is 18.7. The number of aromatic nitrogens is 1. The van der Waals surface area contributed by atoms with Crippen molar-refractivity contribution in [3.63, 3.8) is 0 Å². The van der Waals surface area contributed by atoms with Gasteiger partial charge in [0.05, 0.1) is 17.0 Å². The number of amides is 1. The second kappa shape index (κ2) is 6.62. The summed E-state index contributed by atoms with van der Waals surface area (Å²) in [5.74, 6) is 1.12. The number of hydrogen-bond donors (Lipinski definition) is 1. The van der Waals surface area contributed by atoms with E-state index in [9.17, 15) is 18.3 Å². The fraction of sp³-hybridized carbons (Fsp3) is 0.429. The van der Waals surface area contributed by atoms with Crippen LogP contribution < -0.4 is 4.90 Å². The van der Waals surface area contributed by atoms with Crippen molar-refractivity contribution < 1.29 is 18.3 Å². The molecule has 3 aliphatic rings. The predicted molar refractivity (Wildman–Crippen MR) is 107 cm³/mol. The van der Waals surface area contributed by atoms with Crippen LogP contribution in [0.1, 0.15) is 23.2 Å². The zero-order valence-electron chi connectivity index (χ0n) is 16.0. The van der Waals surface area contributed by atoms with Crippen LogP contribution in [0.3, 0.4) is 0 Å². The molecule has 7 nitrogen and oxygen atoms in total. The molecule has 1 aromatic heterocycles. The van der Waals surface area contributed by atoms with Gasteiger partial charge in [-0.05, 0) is 67.0 Å². The Morgan fingerprint density at radius 2 is 1.90 bits per heavy atom. The van der Waals surface area contributed by atoms with Crippen molar-refractivity contribution in [2.24, 2.45) is 17.8 Å². The fourth-order valence-corrected chi connectivity index (χ4v) is 7.13. The van der Waals surface area contributed by atoms with E-state index in [4.69, 9.17) is 0 Å². The normalized spacial score (nSPS) is 30.6. The summed E-state index contributed by atoms with van der Waals surface area (Å²) < 4.78 is 28.0. The van der Waals surface area contributed by atoms with Crippen LogP contribution in [-0.4, -0.2) is 54.5 Å². The van der Waals surface area contributed by atoms with Gasteiger partial charge in [0.25, 0.3) is 5.91 Å². The van der Waals surface area contributed by atoms with Gasteiger partial charge in [-0.1, -0.05) is 6.07 Å². The van der Waals surface area contributed by atoms with E-state index >= 15 is 0 Å². The Bertz CT molecular complexity index is 1040. The molecular weight excluding hydrogens is 390 g/mol. The van der Waals surface area contributed by atoms with Crippen molar-refractivity contribution in [1.82, 2.24) is 9.29 Å². The van der Waals surface area contributed by atoms with Crippen LogP contribution in [0, 0.1) is 17.8 Å². The van der Waals surface area contributed by atoms with Crippen molar-refractivity contribution in [3.05, 3.63) is 54.2 Å². The third kappa shape index (κ3) is 2.81. The van der Waals surface area contributed by atoms with Crippen LogP contribution in [0.15, 0.2) is 53.6 Å². The summed E-state index contributed by atoms with van der Waals surface area (Å²) in [7, 11) is -2.08. The van der Waals surface area contributed by atoms with Crippen LogP contribution >= 0.6 is 0 Å². The van der Waals surface area contributed by atoms with E-state index in [0.717, 1.165) is 12.8 Å². The number of pyridine rings is 1. The Labute approximate surface area is 170 Å². The van der Waals surface area contributed by atoms with E-state index in [1.165, 1.54) is 33.5 Å². The lowest BCUT2D eigenvalue weighted by atomic mass is 9.88. The Kier molecular flexibility index (Phi) is 4.27. The molecule has 1 aliphatic heterocycles. The molecule has 0 spiro atoms. The standard InChI is InChI=1S/C21H23N3O4S/c1-23(18-4-2-3-9-22-18)21(26)13-5-7-16(8-6-13)29(27,28)24-12-15-10-14-11-17(15)19(24)20(14)25/h2-9,14-15,17,19-20,25H,10-12H2,1H3/t14-,15-,17+,19-,20+/m0/s1. The number of aliphatic hydroxyl groups excluding tert-OH is 1. The molecule has 3 fully saturated rings. The summed E-state index contributed by atoms with van der Waals surface area (Å²) in [4.78, 5) is 18.4. The van der Waals surface area contributed by atoms with E-state index < -0.39 is 16.1 Å². The molecule has 2 aromatic rings. The predicted octanol–water partition coefficient (Wildman–Crippen LogP) is 1.75. The molecule has 29 heavy (non-hydrogen) atoms. The van der Waals surface area contributed by atoms with Crippen LogP contribution in [0.4, 0.5) is 5.82 Å². The summed E-state index contributed by atoms with van der Waals surface area (Å²) in [6, 6.07) is 11.0. The lowest BCUT2D eigenvalue weighted by Gasteiger charge is -2.28. The summed E-state index contributed by atoms with van der Waals surface area (Å²) in [6.45, 7) is 0.480. The summed E-state index contributed by atoms with van der Waals surface area (Å²) in [6.07, 6.45) is 2.89. The van der Waals surface area contributed by atoms with Gasteiger partial charge in [-0.3, -0.25) is 9.69 Å². The summed E-state index contributed by atoms with van der Waals surface area (Å²) in [5.41, 5.74) is 0.388. The van der Waals surface area contributed by atoms with Gasteiger partial charge in [-0.25, -0.2) is 13.4 Å². The number of rotatable bonds is 4. The second-order valence-electron chi connectivity index (χ2n) is 8.29. The third-order valence-corrected chi connectivity index (χ3v) is 8.69. The minimum Gasteiger partial charge on any atom is -0.391 e. The molecule has 1 aromatic carbocycles. The highest BCUT2D eigenvalue weighted by Gasteiger charge is 2.61. The molecule has 1 amide bonds. The van der Waals surface area contributed by atoms with Crippen LogP contribution in [-0.2, 0) is 10.0 Å². The summed E-state index contributed by atoms with van der Waals surface area (Å²) >= 11 is 0. The Morgan fingerprint density at radius 1 is 1.14 bits per heavy atom. The zero-order valence-corrected chi connectivity index (χ0v) is 16.9. The molecule has 2 aliphatic carbocycles. The third-order valence-electron chi connectivity index (χ3n) is 6.81. The smallest absolute Gasteiger partial charge is 0.259 e. The highest BCUT2D eigenvalue weighted by molar-refractivity contribution is 7.89. The minimum atomic E-state index is -3.71. The number of aliphatic hydroxyl groups is 1. The Morgan fingerprint density at radius 3 is 2.55 bits per heavy atom. The summed E-state index contributed by atoms with van der Waals surface area (Å²) in [5, 5.41) is 10.5. The number of fused-ring (bicyclic) bond motifs is 1. The van der Waals surface area contributed by atoms with Crippen molar-refractivity contribution in [3.8, 4) is 0 Å². The molecule has 2 bridgehead atoms. The highest BCUT2D eigenvalue weighted by Crippen LogP contribution is 2.56.